The lowest BCUT2D eigenvalue weighted by molar-refractivity contribution is -0.129. The second-order valence-corrected chi connectivity index (χ2v) is 6.14. The molecule has 1 aliphatic rings. The summed E-state index contributed by atoms with van der Waals surface area (Å²) in [5.41, 5.74) is 0.913. The molecular weight excluding hydrogens is 278 g/mol. The molecule has 2 aromatic heterocycles. The summed E-state index contributed by atoms with van der Waals surface area (Å²) < 4.78 is 2.09. The Kier molecular flexibility index (Phi) is 4.38. The number of likely N-dealkylation sites (tertiary alicyclic amines) is 1. The fourth-order valence-electron chi connectivity index (χ4n) is 3.03. The number of aromatic nitrogens is 3. The van der Waals surface area contributed by atoms with Crippen LogP contribution in [0.4, 0.5) is 0 Å². The van der Waals surface area contributed by atoms with Gasteiger partial charge in [-0.15, -0.1) is 10.2 Å². The summed E-state index contributed by atoms with van der Waals surface area (Å²) in [6, 6.07) is 5.98. The first-order valence-corrected chi connectivity index (χ1v) is 7.87. The van der Waals surface area contributed by atoms with Gasteiger partial charge in [-0.3, -0.25) is 9.20 Å². The maximum absolute atomic E-state index is 11.7. The molecule has 1 fully saturated rings. The Morgan fingerprint density at radius 2 is 2.05 bits per heavy atom. The van der Waals surface area contributed by atoms with Gasteiger partial charge in [0.25, 0.3) is 0 Å². The van der Waals surface area contributed by atoms with E-state index in [9.17, 15) is 4.79 Å². The summed E-state index contributed by atoms with van der Waals surface area (Å²) in [4.78, 5) is 15.7. The van der Waals surface area contributed by atoms with Gasteiger partial charge in [-0.2, -0.15) is 0 Å². The molecule has 1 aliphatic heterocycles. The van der Waals surface area contributed by atoms with Crippen molar-refractivity contribution in [3.8, 4) is 0 Å². The van der Waals surface area contributed by atoms with Crippen molar-refractivity contribution < 1.29 is 4.79 Å². The van der Waals surface area contributed by atoms with Gasteiger partial charge in [0, 0.05) is 39.2 Å². The molecule has 0 bridgehead atoms. The minimum Gasteiger partial charge on any atom is -0.349 e. The molecule has 0 aromatic carbocycles. The average Bonchev–Trinajstić information content (AvgIpc) is 2.97. The van der Waals surface area contributed by atoms with Gasteiger partial charge in [-0.1, -0.05) is 6.07 Å². The highest BCUT2D eigenvalue weighted by Crippen LogP contribution is 2.27. The van der Waals surface area contributed by atoms with Gasteiger partial charge >= 0.3 is 0 Å². The van der Waals surface area contributed by atoms with Crippen LogP contribution in [0.5, 0.6) is 0 Å². The molecule has 0 spiro atoms. The lowest BCUT2D eigenvalue weighted by Crippen LogP contribution is -2.36. The zero-order valence-corrected chi connectivity index (χ0v) is 13.3. The topological polar surface area (TPSA) is 53.7 Å². The molecule has 1 saturated heterocycles. The zero-order chi connectivity index (χ0) is 15.5. The summed E-state index contributed by atoms with van der Waals surface area (Å²) in [6.07, 6.45) is 4.79. The van der Waals surface area contributed by atoms with Gasteiger partial charge in [0.1, 0.15) is 5.82 Å². The molecule has 6 nitrogen and oxygen atoms in total. The van der Waals surface area contributed by atoms with Gasteiger partial charge in [0.2, 0.25) is 5.91 Å². The van der Waals surface area contributed by atoms with Crippen molar-refractivity contribution in [3.63, 3.8) is 0 Å². The summed E-state index contributed by atoms with van der Waals surface area (Å²) in [5, 5.41) is 8.62. The van der Waals surface area contributed by atoms with E-state index in [0.717, 1.165) is 43.9 Å². The highest BCUT2D eigenvalue weighted by Gasteiger charge is 2.24. The number of carbonyl (C=O) groups is 1. The maximum Gasteiger partial charge on any atom is 0.223 e. The van der Waals surface area contributed by atoms with Crippen LogP contribution in [-0.4, -0.2) is 64.0 Å². The average molecular weight is 301 g/mol. The largest absolute Gasteiger partial charge is 0.349 e. The highest BCUT2D eigenvalue weighted by atomic mass is 16.2. The molecule has 0 saturated carbocycles. The predicted molar refractivity (Wildman–Crippen MR) is 84.7 cm³/mol. The van der Waals surface area contributed by atoms with Crippen LogP contribution in [0.1, 0.15) is 31.0 Å². The fourth-order valence-corrected chi connectivity index (χ4v) is 3.03. The van der Waals surface area contributed by atoms with E-state index in [1.807, 2.05) is 38.5 Å². The molecule has 2 aromatic rings. The third-order valence-electron chi connectivity index (χ3n) is 4.43. The number of fused-ring (bicyclic) bond motifs is 1. The van der Waals surface area contributed by atoms with E-state index in [2.05, 4.69) is 19.5 Å². The fraction of sp³-hybridized carbons (Fsp3) is 0.562. The minimum atomic E-state index is 0.200. The van der Waals surface area contributed by atoms with E-state index in [-0.39, 0.29) is 5.91 Å². The van der Waals surface area contributed by atoms with Crippen LogP contribution in [0.15, 0.2) is 24.4 Å². The van der Waals surface area contributed by atoms with Crippen LogP contribution in [0.25, 0.3) is 5.65 Å². The molecule has 22 heavy (non-hydrogen) atoms. The monoisotopic (exact) mass is 301 g/mol. The minimum absolute atomic E-state index is 0.200. The Morgan fingerprint density at radius 3 is 2.77 bits per heavy atom. The van der Waals surface area contributed by atoms with Gasteiger partial charge in [0.05, 0.1) is 0 Å². The molecular formula is C16H23N5O. The van der Waals surface area contributed by atoms with Gasteiger partial charge in [-0.05, 0) is 38.1 Å². The van der Waals surface area contributed by atoms with Crippen molar-refractivity contribution in [2.24, 2.45) is 0 Å². The molecule has 3 heterocycles. The third-order valence-corrected chi connectivity index (χ3v) is 4.43. The number of piperidine rings is 1. The van der Waals surface area contributed by atoms with Crippen molar-refractivity contribution >= 4 is 11.6 Å². The number of hydrogen-bond acceptors (Lipinski definition) is 4. The van der Waals surface area contributed by atoms with Gasteiger partial charge in [-0.25, -0.2) is 0 Å². The van der Waals surface area contributed by atoms with Crippen molar-refractivity contribution in [3.05, 3.63) is 30.2 Å². The molecule has 0 aliphatic carbocycles. The maximum atomic E-state index is 11.7. The number of nitrogens with zero attached hydrogens (tertiary/aromatic N) is 5. The van der Waals surface area contributed by atoms with Crippen LogP contribution >= 0.6 is 0 Å². The van der Waals surface area contributed by atoms with E-state index in [1.165, 1.54) is 0 Å². The second kappa shape index (κ2) is 6.44. The first-order chi connectivity index (χ1) is 10.6. The smallest absolute Gasteiger partial charge is 0.223 e. The van der Waals surface area contributed by atoms with Gasteiger partial charge in [0.15, 0.2) is 5.65 Å². The van der Waals surface area contributed by atoms with Crippen molar-refractivity contribution in [1.82, 2.24) is 24.4 Å². The Bertz CT molecular complexity index is 643. The van der Waals surface area contributed by atoms with Crippen molar-refractivity contribution in [2.45, 2.75) is 25.2 Å². The molecule has 0 N–H and O–H groups in total. The van der Waals surface area contributed by atoms with Crippen LogP contribution in [0, 0.1) is 0 Å². The molecule has 3 rings (SSSR count). The lowest BCUT2D eigenvalue weighted by Gasteiger charge is -2.31. The van der Waals surface area contributed by atoms with E-state index >= 15 is 0 Å². The molecule has 1 amide bonds. The van der Waals surface area contributed by atoms with E-state index in [0.29, 0.717) is 12.3 Å². The Balaban J connectivity index is 1.57. The zero-order valence-electron chi connectivity index (χ0n) is 13.3. The van der Waals surface area contributed by atoms with Gasteiger partial charge < -0.3 is 9.80 Å². The molecule has 0 unspecified atom stereocenters. The Morgan fingerprint density at radius 1 is 1.27 bits per heavy atom. The van der Waals surface area contributed by atoms with Crippen molar-refractivity contribution in [1.29, 1.82) is 0 Å². The second-order valence-electron chi connectivity index (χ2n) is 6.14. The summed E-state index contributed by atoms with van der Waals surface area (Å²) in [6.45, 7) is 2.89. The third kappa shape index (κ3) is 3.11. The Hall–Kier alpha value is -1.95. The first-order valence-electron chi connectivity index (χ1n) is 7.87. The Labute approximate surface area is 130 Å². The van der Waals surface area contributed by atoms with Crippen LogP contribution in [0.3, 0.4) is 0 Å². The van der Waals surface area contributed by atoms with Crippen molar-refractivity contribution in [2.75, 3.05) is 33.7 Å². The lowest BCUT2D eigenvalue weighted by atomic mass is 9.96. The SMILES string of the molecule is CN(C)C(=O)CCN1CCC(c2nnc3ccccn23)CC1. The standard InChI is InChI=1S/C16H23N5O/c1-19(2)15(22)8-12-20-10-6-13(7-11-20)16-18-17-14-5-3-4-9-21(14)16/h3-5,9,13H,6-8,10-12H2,1-2H3. The molecule has 118 valence electrons. The highest BCUT2D eigenvalue weighted by molar-refractivity contribution is 5.75. The number of carbonyl (C=O) groups excluding carboxylic acids is 1. The number of rotatable bonds is 4. The summed E-state index contributed by atoms with van der Waals surface area (Å²) >= 11 is 0. The quantitative estimate of drug-likeness (QED) is 0.856. The van der Waals surface area contributed by atoms with E-state index in [1.54, 1.807) is 4.90 Å². The molecule has 0 radical (unpaired) electrons. The molecule has 0 atom stereocenters. The molecule has 6 heteroatoms. The number of hydrogen-bond donors (Lipinski definition) is 0. The normalized spacial score (nSPS) is 17.0. The van der Waals surface area contributed by atoms with Crippen LogP contribution in [-0.2, 0) is 4.79 Å². The number of pyridine rings is 1. The first kappa shape index (κ1) is 15.0. The number of amides is 1. The predicted octanol–water partition coefficient (Wildman–Crippen LogP) is 1.39. The van der Waals surface area contributed by atoms with E-state index in [4.69, 9.17) is 0 Å². The van der Waals surface area contributed by atoms with Crippen LogP contribution < -0.4 is 0 Å². The van der Waals surface area contributed by atoms with Crippen LogP contribution in [0.2, 0.25) is 0 Å². The summed E-state index contributed by atoms with van der Waals surface area (Å²) in [7, 11) is 3.62. The summed E-state index contributed by atoms with van der Waals surface area (Å²) in [5.74, 6) is 1.73. The van der Waals surface area contributed by atoms with E-state index < -0.39 is 0 Å².